The molecule has 2 rings (SSSR count). The molecule has 19 heavy (non-hydrogen) atoms. The van der Waals surface area contributed by atoms with Gasteiger partial charge in [-0.2, -0.15) is 0 Å². The highest BCUT2D eigenvalue weighted by atomic mass is 32.1. The van der Waals surface area contributed by atoms with Crippen LogP contribution in [0.5, 0.6) is 0 Å². The first-order valence-electron chi connectivity index (χ1n) is 5.51. The Kier molecular flexibility index (Phi) is 3.80. The van der Waals surface area contributed by atoms with Crippen LogP contribution in [0.2, 0.25) is 0 Å². The van der Waals surface area contributed by atoms with E-state index in [0.29, 0.717) is 6.07 Å². The van der Waals surface area contributed by atoms with Crippen LogP contribution in [-0.2, 0) is 0 Å². The molecule has 0 amide bonds. The van der Waals surface area contributed by atoms with E-state index >= 15 is 0 Å². The Hall–Kier alpha value is -1.95. The summed E-state index contributed by atoms with van der Waals surface area (Å²) in [5.74, 6) is -3.32. The maximum Gasteiger partial charge on any atom is 0.338 e. The molecule has 1 heterocycles. The van der Waals surface area contributed by atoms with Crippen LogP contribution < -0.4 is 5.32 Å². The maximum atomic E-state index is 13.6. The number of anilines is 1. The molecular formula is C13H11F2NO2S. The normalized spacial score (nSPS) is 12.2. The zero-order valence-electron chi connectivity index (χ0n) is 9.98. The van der Waals surface area contributed by atoms with Crippen molar-refractivity contribution in [2.75, 3.05) is 5.32 Å². The summed E-state index contributed by atoms with van der Waals surface area (Å²) in [7, 11) is 0. The lowest BCUT2D eigenvalue weighted by Gasteiger charge is -2.15. The summed E-state index contributed by atoms with van der Waals surface area (Å²) >= 11 is 1.49. The number of halogens is 2. The summed E-state index contributed by atoms with van der Waals surface area (Å²) in [6.07, 6.45) is 0. The number of hydrogen-bond acceptors (Lipinski definition) is 3. The number of thiophene rings is 1. The quantitative estimate of drug-likeness (QED) is 0.894. The van der Waals surface area contributed by atoms with Crippen molar-refractivity contribution in [3.05, 3.63) is 51.7 Å². The molecule has 100 valence electrons. The summed E-state index contributed by atoms with van der Waals surface area (Å²) in [6, 6.07) is 5.09. The first-order chi connectivity index (χ1) is 8.99. The van der Waals surface area contributed by atoms with Gasteiger partial charge in [-0.25, -0.2) is 13.6 Å². The van der Waals surface area contributed by atoms with E-state index in [1.807, 2.05) is 24.4 Å². The van der Waals surface area contributed by atoms with E-state index in [2.05, 4.69) is 5.32 Å². The van der Waals surface area contributed by atoms with E-state index in [1.54, 1.807) is 0 Å². The highest BCUT2D eigenvalue weighted by Gasteiger charge is 2.17. The molecule has 0 aliphatic heterocycles. The summed E-state index contributed by atoms with van der Waals surface area (Å²) in [5.41, 5.74) is -0.582. The number of carbonyl (C=O) groups is 1. The molecule has 1 aromatic carbocycles. The van der Waals surface area contributed by atoms with Gasteiger partial charge in [0.05, 0.1) is 17.3 Å². The Balaban J connectivity index is 2.30. The number of carboxylic acid groups (broad SMARTS) is 1. The van der Waals surface area contributed by atoms with Gasteiger partial charge in [-0.1, -0.05) is 6.07 Å². The second-order valence-electron chi connectivity index (χ2n) is 4.00. The van der Waals surface area contributed by atoms with Crippen LogP contribution in [0, 0.1) is 11.6 Å². The van der Waals surface area contributed by atoms with Crippen molar-refractivity contribution in [2.45, 2.75) is 13.0 Å². The molecule has 1 aromatic heterocycles. The van der Waals surface area contributed by atoms with Gasteiger partial charge < -0.3 is 10.4 Å². The number of benzene rings is 1. The van der Waals surface area contributed by atoms with Crippen LogP contribution in [0.3, 0.4) is 0 Å². The Bertz CT molecular complexity index is 599. The Labute approximate surface area is 112 Å². The van der Waals surface area contributed by atoms with E-state index < -0.39 is 23.2 Å². The molecule has 1 atom stereocenters. The first-order valence-corrected chi connectivity index (χ1v) is 6.39. The first kappa shape index (κ1) is 13.5. The van der Waals surface area contributed by atoms with Gasteiger partial charge in [0.15, 0.2) is 0 Å². The van der Waals surface area contributed by atoms with Crippen LogP contribution >= 0.6 is 11.3 Å². The van der Waals surface area contributed by atoms with Gasteiger partial charge in [-0.05, 0) is 24.4 Å². The predicted molar refractivity (Wildman–Crippen MR) is 69.7 cm³/mol. The van der Waals surface area contributed by atoms with Gasteiger partial charge in [0.25, 0.3) is 0 Å². The van der Waals surface area contributed by atoms with Crippen molar-refractivity contribution in [3.8, 4) is 0 Å². The lowest BCUT2D eigenvalue weighted by Crippen LogP contribution is -2.09. The molecule has 0 aliphatic rings. The molecule has 0 bridgehead atoms. The Morgan fingerprint density at radius 3 is 2.68 bits per heavy atom. The van der Waals surface area contributed by atoms with Gasteiger partial charge in [0.1, 0.15) is 11.6 Å². The van der Waals surface area contributed by atoms with Crippen molar-refractivity contribution < 1.29 is 18.7 Å². The Morgan fingerprint density at radius 2 is 2.11 bits per heavy atom. The largest absolute Gasteiger partial charge is 0.478 e. The van der Waals surface area contributed by atoms with E-state index in [9.17, 15) is 13.6 Å². The molecular weight excluding hydrogens is 272 g/mol. The average molecular weight is 283 g/mol. The number of rotatable bonds is 4. The second-order valence-corrected chi connectivity index (χ2v) is 4.98. The van der Waals surface area contributed by atoms with E-state index in [0.717, 1.165) is 10.9 Å². The number of nitrogens with one attached hydrogen (secondary N) is 1. The zero-order valence-corrected chi connectivity index (χ0v) is 10.8. The summed E-state index contributed by atoms with van der Waals surface area (Å²) in [6.45, 7) is 1.81. The lowest BCUT2D eigenvalue weighted by molar-refractivity contribution is 0.0692. The third-order valence-electron chi connectivity index (χ3n) is 2.63. The molecule has 0 saturated carbocycles. The molecule has 0 fully saturated rings. The summed E-state index contributed by atoms with van der Waals surface area (Å²) in [4.78, 5) is 11.8. The molecule has 1 unspecified atom stereocenters. The SMILES string of the molecule is CC(Nc1cc(C(=O)O)c(F)cc1F)c1cccs1. The van der Waals surface area contributed by atoms with Crippen molar-refractivity contribution in [2.24, 2.45) is 0 Å². The highest BCUT2D eigenvalue weighted by molar-refractivity contribution is 7.10. The van der Waals surface area contributed by atoms with Crippen LogP contribution in [0.1, 0.15) is 28.2 Å². The Morgan fingerprint density at radius 1 is 1.37 bits per heavy atom. The standard InChI is InChI=1S/C13H11F2NO2S/c1-7(12-3-2-4-19-12)16-11-5-8(13(17)18)9(14)6-10(11)15/h2-7,16H,1H3,(H,17,18). The number of hydrogen-bond donors (Lipinski definition) is 2. The topological polar surface area (TPSA) is 49.3 Å². The van der Waals surface area contributed by atoms with Gasteiger partial charge in [-0.3, -0.25) is 0 Å². The highest BCUT2D eigenvalue weighted by Crippen LogP contribution is 2.26. The fourth-order valence-electron chi connectivity index (χ4n) is 1.67. The predicted octanol–water partition coefficient (Wildman–Crippen LogP) is 3.90. The van der Waals surface area contributed by atoms with Gasteiger partial charge in [0, 0.05) is 10.9 Å². The minimum absolute atomic E-state index is 0.0281. The minimum Gasteiger partial charge on any atom is -0.478 e. The molecule has 6 heteroatoms. The molecule has 2 aromatic rings. The maximum absolute atomic E-state index is 13.6. The van der Waals surface area contributed by atoms with Crippen LogP contribution in [0.25, 0.3) is 0 Å². The molecule has 0 aliphatic carbocycles. The van der Waals surface area contributed by atoms with Crippen LogP contribution in [0.4, 0.5) is 14.5 Å². The number of aromatic carboxylic acids is 1. The van der Waals surface area contributed by atoms with Crippen molar-refractivity contribution in [3.63, 3.8) is 0 Å². The van der Waals surface area contributed by atoms with Crippen LogP contribution in [-0.4, -0.2) is 11.1 Å². The van der Waals surface area contributed by atoms with E-state index in [-0.39, 0.29) is 11.7 Å². The third-order valence-corrected chi connectivity index (χ3v) is 3.68. The van der Waals surface area contributed by atoms with E-state index in [1.165, 1.54) is 11.3 Å². The molecule has 0 saturated heterocycles. The molecule has 2 N–H and O–H groups in total. The smallest absolute Gasteiger partial charge is 0.338 e. The molecule has 0 spiro atoms. The van der Waals surface area contributed by atoms with Gasteiger partial charge >= 0.3 is 5.97 Å². The fraction of sp³-hybridized carbons (Fsp3) is 0.154. The second kappa shape index (κ2) is 5.36. The van der Waals surface area contributed by atoms with Gasteiger partial charge in [-0.15, -0.1) is 11.3 Å². The van der Waals surface area contributed by atoms with Crippen molar-refractivity contribution >= 4 is 23.0 Å². The molecule has 0 radical (unpaired) electrons. The van der Waals surface area contributed by atoms with Crippen molar-refractivity contribution in [1.82, 2.24) is 0 Å². The summed E-state index contributed by atoms with van der Waals surface area (Å²) in [5, 5.41) is 13.5. The van der Waals surface area contributed by atoms with Gasteiger partial charge in [0.2, 0.25) is 0 Å². The lowest BCUT2D eigenvalue weighted by atomic mass is 10.1. The average Bonchev–Trinajstić information content (AvgIpc) is 2.85. The zero-order chi connectivity index (χ0) is 14.0. The molecule has 3 nitrogen and oxygen atoms in total. The van der Waals surface area contributed by atoms with Crippen LogP contribution in [0.15, 0.2) is 29.6 Å². The van der Waals surface area contributed by atoms with Crippen molar-refractivity contribution in [1.29, 1.82) is 0 Å². The fourth-order valence-corrected chi connectivity index (χ4v) is 2.40. The monoisotopic (exact) mass is 283 g/mol. The van der Waals surface area contributed by atoms with E-state index in [4.69, 9.17) is 5.11 Å². The number of carboxylic acids is 1. The third kappa shape index (κ3) is 2.90. The summed E-state index contributed by atoms with van der Waals surface area (Å²) < 4.78 is 26.8. The minimum atomic E-state index is -1.43.